The van der Waals surface area contributed by atoms with E-state index in [1.54, 1.807) is 0 Å². The number of benzene rings is 4. The maximum atomic E-state index is 3.77. The summed E-state index contributed by atoms with van der Waals surface area (Å²) in [5, 5.41) is 12.9. The van der Waals surface area contributed by atoms with E-state index in [-0.39, 0.29) is 0 Å². The molecule has 0 saturated carbocycles. The van der Waals surface area contributed by atoms with Crippen molar-refractivity contribution in [2.24, 2.45) is 0 Å². The van der Waals surface area contributed by atoms with E-state index in [4.69, 9.17) is 0 Å². The van der Waals surface area contributed by atoms with Crippen molar-refractivity contribution in [3.8, 4) is 11.5 Å². The SMILES string of the molecule is CC[Si](C#Cc1cc2c(ccc3c2ccc2c4ccc5sccc5c4ccc32)s1)(CC)CC. The first-order chi connectivity index (χ1) is 16.2. The summed E-state index contributed by atoms with van der Waals surface area (Å²) in [4.78, 5) is 1.21. The lowest BCUT2D eigenvalue weighted by molar-refractivity contribution is 1.20. The van der Waals surface area contributed by atoms with Gasteiger partial charge in [0.05, 0.1) is 4.88 Å². The Morgan fingerprint density at radius 1 is 0.606 bits per heavy atom. The first-order valence-electron chi connectivity index (χ1n) is 11.9. The van der Waals surface area contributed by atoms with Crippen LogP contribution in [-0.2, 0) is 0 Å². The molecule has 162 valence electrons. The lowest BCUT2D eigenvalue weighted by atomic mass is 9.95. The van der Waals surface area contributed by atoms with Crippen LogP contribution in [0.5, 0.6) is 0 Å². The molecule has 2 heterocycles. The van der Waals surface area contributed by atoms with Gasteiger partial charge in [-0.1, -0.05) is 63.1 Å². The largest absolute Gasteiger partial charge is 0.144 e. The molecule has 0 aliphatic rings. The molecule has 0 unspecified atom stereocenters. The molecule has 0 radical (unpaired) electrons. The van der Waals surface area contributed by atoms with Crippen LogP contribution in [-0.4, -0.2) is 8.07 Å². The Morgan fingerprint density at radius 3 is 1.73 bits per heavy atom. The van der Waals surface area contributed by atoms with E-state index in [2.05, 4.69) is 98.3 Å². The predicted octanol–water partition coefficient (Wildman–Crippen LogP) is 9.97. The summed E-state index contributed by atoms with van der Waals surface area (Å²) < 4.78 is 2.70. The first kappa shape index (κ1) is 20.9. The Morgan fingerprint density at radius 2 is 1.12 bits per heavy atom. The molecule has 33 heavy (non-hydrogen) atoms. The molecule has 0 spiro atoms. The predicted molar refractivity (Wildman–Crippen MR) is 154 cm³/mol. The molecular formula is C30H26S2Si. The van der Waals surface area contributed by atoms with Crippen LogP contribution in [0.3, 0.4) is 0 Å². The summed E-state index contributed by atoms with van der Waals surface area (Å²) in [5.74, 6) is 3.60. The Labute approximate surface area is 203 Å². The molecule has 6 rings (SSSR count). The Balaban J connectivity index is 1.56. The molecule has 0 atom stereocenters. The standard InChI is InChI=1S/C30H26S2Si/c1-4-33(5-2,6-3)18-16-20-19-28-26-10-8-21-22(24(26)12-14-30(28)32-20)7-9-25-23(21)11-13-29-27(25)15-17-31-29/h7-15,17,19H,4-6H2,1-3H3. The molecule has 0 nitrogen and oxygen atoms in total. The Bertz CT molecular complexity index is 1730. The summed E-state index contributed by atoms with van der Waals surface area (Å²) in [6.07, 6.45) is 0. The molecule has 2 aromatic heterocycles. The van der Waals surface area contributed by atoms with Gasteiger partial charge in [-0.2, -0.15) is 0 Å². The molecule has 0 amide bonds. The normalized spacial score (nSPS) is 12.2. The van der Waals surface area contributed by atoms with E-state index in [1.165, 1.54) is 75.5 Å². The third-order valence-electron chi connectivity index (χ3n) is 7.60. The van der Waals surface area contributed by atoms with Gasteiger partial charge < -0.3 is 0 Å². The van der Waals surface area contributed by atoms with Gasteiger partial charge in [-0.3, -0.25) is 0 Å². The fourth-order valence-electron chi connectivity index (χ4n) is 5.28. The van der Waals surface area contributed by atoms with E-state index in [1.807, 2.05) is 22.7 Å². The topological polar surface area (TPSA) is 0 Å². The summed E-state index contributed by atoms with van der Waals surface area (Å²) in [6, 6.07) is 26.8. The average Bonchev–Trinajstić information content (AvgIpc) is 3.51. The van der Waals surface area contributed by atoms with Crippen molar-refractivity contribution in [2.45, 2.75) is 38.9 Å². The van der Waals surface area contributed by atoms with Crippen LogP contribution < -0.4 is 0 Å². The molecule has 0 N–H and O–H groups in total. The van der Waals surface area contributed by atoms with E-state index in [0.29, 0.717) is 0 Å². The van der Waals surface area contributed by atoms with Gasteiger partial charge in [0.2, 0.25) is 0 Å². The van der Waals surface area contributed by atoms with Gasteiger partial charge in [0.15, 0.2) is 0 Å². The van der Waals surface area contributed by atoms with Gasteiger partial charge in [0.1, 0.15) is 8.07 Å². The highest BCUT2D eigenvalue weighted by Crippen LogP contribution is 2.39. The van der Waals surface area contributed by atoms with Crippen LogP contribution >= 0.6 is 22.7 Å². The zero-order valence-corrected chi connectivity index (χ0v) is 21.9. The maximum absolute atomic E-state index is 3.77. The molecule has 3 heteroatoms. The van der Waals surface area contributed by atoms with Gasteiger partial charge in [-0.25, -0.2) is 0 Å². The van der Waals surface area contributed by atoms with Gasteiger partial charge in [0.25, 0.3) is 0 Å². The molecule has 0 aliphatic carbocycles. The van der Waals surface area contributed by atoms with Crippen molar-refractivity contribution in [1.29, 1.82) is 0 Å². The second-order valence-electron chi connectivity index (χ2n) is 8.99. The molecule has 0 bridgehead atoms. The van der Waals surface area contributed by atoms with Crippen molar-refractivity contribution in [2.75, 3.05) is 0 Å². The molecule has 0 aliphatic heterocycles. The van der Waals surface area contributed by atoms with Crippen molar-refractivity contribution in [3.05, 3.63) is 70.9 Å². The minimum absolute atomic E-state index is 1.21. The highest BCUT2D eigenvalue weighted by atomic mass is 32.1. The van der Waals surface area contributed by atoms with Crippen LogP contribution in [0.2, 0.25) is 18.1 Å². The minimum atomic E-state index is -1.43. The molecule has 0 fully saturated rings. The summed E-state index contributed by atoms with van der Waals surface area (Å²) in [7, 11) is -1.43. The van der Waals surface area contributed by atoms with E-state index in [0.717, 1.165) is 0 Å². The first-order valence-corrected chi connectivity index (χ1v) is 16.2. The average molecular weight is 479 g/mol. The van der Waals surface area contributed by atoms with E-state index in [9.17, 15) is 0 Å². The van der Waals surface area contributed by atoms with E-state index < -0.39 is 8.07 Å². The lowest BCUT2D eigenvalue weighted by Crippen LogP contribution is -2.29. The second-order valence-corrected chi connectivity index (χ2v) is 16.0. The van der Waals surface area contributed by atoms with Crippen molar-refractivity contribution >= 4 is 83.2 Å². The zero-order chi connectivity index (χ0) is 22.6. The quantitative estimate of drug-likeness (QED) is 0.135. The van der Waals surface area contributed by atoms with Gasteiger partial charge in [-0.15, -0.1) is 28.2 Å². The molecule has 6 aromatic rings. The highest BCUT2D eigenvalue weighted by Gasteiger charge is 2.24. The van der Waals surface area contributed by atoms with Gasteiger partial charge >= 0.3 is 0 Å². The van der Waals surface area contributed by atoms with Crippen LogP contribution in [0, 0.1) is 11.5 Å². The lowest BCUT2D eigenvalue weighted by Gasteiger charge is -2.19. The van der Waals surface area contributed by atoms with Gasteiger partial charge in [0, 0.05) is 20.2 Å². The third-order valence-corrected chi connectivity index (χ3v) is 14.2. The number of fused-ring (bicyclic) bond motifs is 9. The molecule has 0 saturated heterocycles. The number of hydrogen-bond donors (Lipinski definition) is 0. The summed E-state index contributed by atoms with van der Waals surface area (Å²) >= 11 is 3.66. The summed E-state index contributed by atoms with van der Waals surface area (Å²) in [6.45, 7) is 6.97. The fourth-order valence-corrected chi connectivity index (χ4v) is 9.54. The third kappa shape index (κ3) is 3.24. The second kappa shape index (κ2) is 7.99. The number of hydrogen-bond acceptors (Lipinski definition) is 2. The van der Waals surface area contributed by atoms with Crippen molar-refractivity contribution in [3.63, 3.8) is 0 Å². The van der Waals surface area contributed by atoms with Gasteiger partial charge in [-0.05, 0) is 80.1 Å². The Kier molecular flexibility index (Phi) is 5.07. The minimum Gasteiger partial charge on any atom is -0.144 e. The molecular weight excluding hydrogens is 453 g/mol. The number of thiophene rings is 2. The van der Waals surface area contributed by atoms with Crippen LogP contribution in [0.25, 0.3) is 52.5 Å². The van der Waals surface area contributed by atoms with E-state index >= 15 is 0 Å². The fraction of sp³-hybridized carbons (Fsp3) is 0.200. The van der Waals surface area contributed by atoms with Crippen LogP contribution in [0.1, 0.15) is 25.6 Å². The molecule has 4 aromatic carbocycles. The summed E-state index contributed by atoms with van der Waals surface area (Å²) in [5.41, 5.74) is 3.77. The smallest absolute Gasteiger partial charge is 0.138 e. The van der Waals surface area contributed by atoms with Crippen LogP contribution in [0.4, 0.5) is 0 Å². The maximum Gasteiger partial charge on any atom is 0.138 e. The highest BCUT2D eigenvalue weighted by molar-refractivity contribution is 7.19. The monoisotopic (exact) mass is 478 g/mol. The van der Waals surface area contributed by atoms with Crippen LogP contribution in [0.15, 0.2) is 66.0 Å². The zero-order valence-electron chi connectivity index (χ0n) is 19.3. The Hall–Kier alpha value is -2.64. The van der Waals surface area contributed by atoms with Crippen molar-refractivity contribution < 1.29 is 0 Å². The van der Waals surface area contributed by atoms with Crippen molar-refractivity contribution in [1.82, 2.24) is 0 Å². The number of rotatable bonds is 3.